The molecule has 24 heavy (non-hydrogen) atoms. The molecule has 0 atom stereocenters. The van der Waals surface area contributed by atoms with E-state index in [4.69, 9.17) is 4.74 Å². The van der Waals surface area contributed by atoms with Crippen LogP contribution in [0.3, 0.4) is 0 Å². The number of amides is 1. The summed E-state index contributed by atoms with van der Waals surface area (Å²) in [6.07, 6.45) is 3.49. The van der Waals surface area contributed by atoms with Crippen molar-refractivity contribution in [2.45, 2.75) is 0 Å². The van der Waals surface area contributed by atoms with Crippen LogP contribution < -0.4 is 9.64 Å². The molecule has 3 rings (SSSR count). The highest BCUT2D eigenvalue weighted by Crippen LogP contribution is 2.15. The number of methoxy groups -OCH3 is 1. The Bertz CT molecular complexity index is 693. The maximum absolute atomic E-state index is 12.3. The molecule has 1 amide bonds. The second kappa shape index (κ2) is 7.59. The fourth-order valence-electron chi connectivity index (χ4n) is 2.58. The fourth-order valence-corrected chi connectivity index (χ4v) is 2.58. The third-order valence-electron chi connectivity index (χ3n) is 3.97. The Morgan fingerprint density at radius 3 is 2.42 bits per heavy atom. The van der Waals surface area contributed by atoms with Crippen LogP contribution in [0.5, 0.6) is 5.88 Å². The van der Waals surface area contributed by atoms with Gasteiger partial charge in [-0.1, -0.05) is 30.3 Å². The van der Waals surface area contributed by atoms with Crippen molar-refractivity contribution < 1.29 is 9.53 Å². The Hall–Kier alpha value is -2.89. The molecule has 0 unspecified atom stereocenters. The topological polar surface area (TPSA) is 58.6 Å². The number of benzene rings is 1. The summed E-state index contributed by atoms with van der Waals surface area (Å²) in [6, 6.07) is 13.5. The van der Waals surface area contributed by atoms with Crippen molar-refractivity contribution in [2.75, 3.05) is 38.2 Å². The molecule has 2 aromatic rings. The van der Waals surface area contributed by atoms with Crippen molar-refractivity contribution in [3.05, 3.63) is 54.1 Å². The Kier molecular flexibility index (Phi) is 5.05. The zero-order valence-corrected chi connectivity index (χ0v) is 13.6. The van der Waals surface area contributed by atoms with E-state index in [9.17, 15) is 4.79 Å². The van der Waals surface area contributed by atoms with Gasteiger partial charge in [-0.2, -0.15) is 0 Å². The average Bonchev–Trinajstić information content (AvgIpc) is 2.67. The number of hydrogen-bond donors (Lipinski definition) is 0. The maximum atomic E-state index is 12.3. The summed E-state index contributed by atoms with van der Waals surface area (Å²) in [5.41, 5.74) is 1.03. The Morgan fingerprint density at radius 1 is 1.04 bits per heavy atom. The molecular weight excluding hydrogens is 304 g/mol. The lowest BCUT2D eigenvalue weighted by Gasteiger charge is -2.34. The van der Waals surface area contributed by atoms with Gasteiger partial charge in [0.1, 0.15) is 0 Å². The van der Waals surface area contributed by atoms with Crippen LogP contribution in [-0.2, 0) is 4.79 Å². The molecule has 6 nitrogen and oxygen atoms in total. The van der Waals surface area contributed by atoms with Gasteiger partial charge < -0.3 is 14.5 Å². The predicted molar refractivity (Wildman–Crippen MR) is 92.9 cm³/mol. The fraction of sp³-hybridized carbons (Fsp3) is 0.278. The highest BCUT2D eigenvalue weighted by atomic mass is 16.5. The highest BCUT2D eigenvalue weighted by molar-refractivity contribution is 5.91. The van der Waals surface area contributed by atoms with E-state index < -0.39 is 0 Å². The molecule has 1 aliphatic rings. The number of rotatable bonds is 4. The lowest BCUT2D eigenvalue weighted by atomic mass is 10.2. The second-order valence-electron chi connectivity index (χ2n) is 5.49. The van der Waals surface area contributed by atoms with Gasteiger partial charge in [-0.15, -0.1) is 10.2 Å². The van der Waals surface area contributed by atoms with E-state index in [0.29, 0.717) is 19.0 Å². The minimum Gasteiger partial charge on any atom is -0.480 e. The number of anilines is 1. The van der Waals surface area contributed by atoms with Gasteiger partial charge in [0.05, 0.1) is 7.11 Å². The third-order valence-corrected chi connectivity index (χ3v) is 3.97. The van der Waals surface area contributed by atoms with Crippen molar-refractivity contribution in [1.82, 2.24) is 15.1 Å². The van der Waals surface area contributed by atoms with E-state index in [-0.39, 0.29) is 5.91 Å². The number of nitrogens with zero attached hydrogens (tertiary/aromatic N) is 4. The van der Waals surface area contributed by atoms with Crippen molar-refractivity contribution in [3.8, 4) is 5.88 Å². The molecular formula is C18H20N4O2. The minimum absolute atomic E-state index is 0.0410. The number of carbonyl (C=O) groups is 1. The first kappa shape index (κ1) is 16.0. The van der Waals surface area contributed by atoms with Crippen LogP contribution in [-0.4, -0.2) is 54.3 Å². The molecule has 1 aromatic heterocycles. The van der Waals surface area contributed by atoms with E-state index >= 15 is 0 Å². The van der Waals surface area contributed by atoms with Crippen LogP contribution in [0.2, 0.25) is 0 Å². The van der Waals surface area contributed by atoms with Gasteiger partial charge in [-0.25, -0.2) is 0 Å². The highest BCUT2D eigenvalue weighted by Gasteiger charge is 2.20. The Balaban J connectivity index is 1.54. The smallest absolute Gasteiger partial charge is 0.246 e. The van der Waals surface area contributed by atoms with Gasteiger partial charge in [0.25, 0.3) is 0 Å². The average molecular weight is 324 g/mol. The third kappa shape index (κ3) is 3.90. The molecule has 1 aromatic carbocycles. The summed E-state index contributed by atoms with van der Waals surface area (Å²) in [5.74, 6) is 1.35. The maximum Gasteiger partial charge on any atom is 0.246 e. The molecule has 0 radical (unpaired) electrons. The van der Waals surface area contributed by atoms with Crippen LogP contribution in [0.15, 0.2) is 48.5 Å². The van der Waals surface area contributed by atoms with Gasteiger partial charge in [0, 0.05) is 38.3 Å². The summed E-state index contributed by atoms with van der Waals surface area (Å²) in [5, 5.41) is 8.14. The number of piperazine rings is 1. The van der Waals surface area contributed by atoms with Gasteiger partial charge in [-0.3, -0.25) is 4.79 Å². The number of ether oxygens (including phenoxy) is 1. The van der Waals surface area contributed by atoms with E-state index in [1.54, 1.807) is 19.3 Å². The molecule has 0 N–H and O–H groups in total. The first-order chi connectivity index (χ1) is 11.8. The zero-order chi connectivity index (χ0) is 16.8. The summed E-state index contributed by atoms with van der Waals surface area (Å²) >= 11 is 0. The van der Waals surface area contributed by atoms with Gasteiger partial charge in [-0.05, 0) is 17.7 Å². The van der Waals surface area contributed by atoms with Crippen LogP contribution in [0.4, 0.5) is 5.82 Å². The number of hydrogen-bond acceptors (Lipinski definition) is 5. The monoisotopic (exact) mass is 324 g/mol. The van der Waals surface area contributed by atoms with Gasteiger partial charge >= 0.3 is 0 Å². The molecule has 0 aliphatic carbocycles. The molecule has 0 bridgehead atoms. The zero-order valence-electron chi connectivity index (χ0n) is 13.6. The van der Waals surface area contributed by atoms with Crippen LogP contribution in [0, 0.1) is 0 Å². The first-order valence-electron chi connectivity index (χ1n) is 7.91. The normalized spacial score (nSPS) is 14.9. The lowest BCUT2D eigenvalue weighted by Crippen LogP contribution is -2.48. The SMILES string of the molecule is COc1ccc(N2CCN(C(=O)/C=C/c3ccccc3)CC2)nn1. The number of aromatic nitrogens is 2. The second-order valence-corrected chi connectivity index (χ2v) is 5.49. The molecule has 1 aliphatic heterocycles. The molecule has 1 saturated heterocycles. The van der Waals surface area contributed by atoms with Crippen LogP contribution >= 0.6 is 0 Å². The van der Waals surface area contributed by atoms with E-state index in [1.165, 1.54) is 0 Å². The Morgan fingerprint density at radius 2 is 1.79 bits per heavy atom. The van der Waals surface area contributed by atoms with Gasteiger partial charge in [0.15, 0.2) is 5.82 Å². The predicted octanol–water partition coefficient (Wildman–Crippen LogP) is 1.85. The summed E-state index contributed by atoms with van der Waals surface area (Å²) in [6.45, 7) is 2.83. The number of carbonyl (C=O) groups excluding carboxylic acids is 1. The van der Waals surface area contributed by atoms with Crippen LogP contribution in [0.1, 0.15) is 5.56 Å². The largest absolute Gasteiger partial charge is 0.480 e. The van der Waals surface area contributed by atoms with Gasteiger partial charge in [0.2, 0.25) is 11.8 Å². The van der Waals surface area contributed by atoms with Crippen molar-refractivity contribution >= 4 is 17.8 Å². The molecule has 124 valence electrons. The lowest BCUT2D eigenvalue weighted by molar-refractivity contribution is -0.126. The van der Waals surface area contributed by atoms with E-state index in [2.05, 4.69) is 15.1 Å². The van der Waals surface area contributed by atoms with Crippen molar-refractivity contribution in [1.29, 1.82) is 0 Å². The summed E-state index contributed by atoms with van der Waals surface area (Å²) in [7, 11) is 1.57. The quantitative estimate of drug-likeness (QED) is 0.803. The van der Waals surface area contributed by atoms with Crippen molar-refractivity contribution in [2.24, 2.45) is 0 Å². The molecule has 1 fully saturated rings. The van der Waals surface area contributed by atoms with Crippen LogP contribution in [0.25, 0.3) is 6.08 Å². The summed E-state index contributed by atoms with van der Waals surface area (Å²) in [4.78, 5) is 16.3. The van der Waals surface area contributed by atoms with E-state index in [1.807, 2.05) is 47.4 Å². The molecule has 2 heterocycles. The first-order valence-corrected chi connectivity index (χ1v) is 7.91. The standard InChI is InChI=1S/C18H20N4O2/c1-24-17-9-8-16(19-20-17)21-11-13-22(14-12-21)18(23)10-7-15-5-3-2-4-6-15/h2-10H,11-14H2,1H3/b10-7+. The minimum atomic E-state index is 0.0410. The molecule has 0 saturated carbocycles. The van der Waals surface area contributed by atoms with E-state index in [0.717, 1.165) is 24.5 Å². The summed E-state index contributed by atoms with van der Waals surface area (Å²) < 4.78 is 5.02. The molecule has 6 heteroatoms. The Labute approximate surface area is 141 Å². The van der Waals surface area contributed by atoms with Crippen molar-refractivity contribution in [3.63, 3.8) is 0 Å². The molecule has 0 spiro atoms.